The molecule has 0 saturated carbocycles. The summed E-state index contributed by atoms with van der Waals surface area (Å²) < 4.78 is 11.8. The normalized spacial score (nSPS) is 20.4. The van der Waals surface area contributed by atoms with Crippen molar-refractivity contribution in [3.05, 3.63) is 112 Å². The van der Waals surface area contributed by atoms with Gasteiger partial charge in [-0.3, -0.25) is 81.9 Å². The summed E-state index contributed by atoms with van der Waals surface area (Å²) in [6.07, 6.45) is -25.8. The van der Waals surface area contributed by atoms with Crippen molar-refractivity contribution in [2.24, 2.45) is 23.7 Å². The Morgan fingerprint density at radius 1 is 0.619 bits per heavy atom. The summed E-state index contributed by atoms with van der Waals surface area (Å²) in [7, 11) is 1.44. The van der Waals surface area contributed by atoms with Crippen molar-refractivity contribution >= 4 is 146 Å². The lowest BCUT2D eigenvalue weighted by molar-refractivity contribution is -0.142. The number of aromatic amines is 1. The van der Waals surface area contributed by atoms with E-state index in [4.69, 9.17) is 25.3 Å². The van der Waals surface area contributed by atoms with Crippen molar-refractivity contribution in [2.75, 3.05) is 56.3 Å². The largest absolute Gasteiger partial charge is 0.481 e. The Morgan fingerprint density at radius 2 is 1.19 bits per heavy atom. The first-order valence-corrected chi connectivity index (χ1v) is 49.1. The van der Waals surface area contributed by atoms with Gasteiger partial charge in [0.2, 0.25) is 47.3 Å². The number of anilines is 2. The van der Waals surface area contributed by atoms with Gasteiger partial charge in [-0.2, -0.15) is 4.98 Å². The number of hydrogen-bond acceptors (Lipinski definition) is 41. The molecule has 3 aliphatic rings. The number of rotatable bonds is 49. The smallest absolute Gasteiger partial charge is 0.481 e. The van der Waals surface area contributed by atoms with E-state index in [1.165, 1.54) is 71.4 Å². The van der Waals surface area contributed by atoms with Crippen molar-refractivity contribution in [3.63, 3.8) is 0 Å². The zero-order chi connectivity index (χ0) is 108. The molecule has 0 aliphatic carbocycles. The van der Waals surface area contributed by atoms with Crippen molar-refractivity contribution in [1.29, 1.82) is 0 Å². The van der Waals surface area contributed by atoms with Gasteiger partial charge in [-0.05, 0) is 80.7 Å². The number of carbonyl (C=O) groups excluding carboxylic acids is 12. The first-order chi connectivity index (χ1) is 69.1. The van der Waals surface area contributed by atoms with Crippen LogP contribution in [0.25, 0.3) is 11.2 Å². The molecule has 53 nitrogen and oxygen atoms in total. The Labute approximate surface area is 850 Å². The minimum absolute atomic E-state index is 0. The van der Waals surface area contributed by atoms with Crippen LogP contribution in [0.5, 0.6) is 0 Å². The molecule has 1 fully saturated rings. The van der Waals surface area contributed by atoms with Crippen LogP contribution in [0.4, 0.5) is 11.6 Å². The van der Waals surface area contributed by atoms with Gasteiger partial charge in [0.05, 0.1) is 98.8 Å². The molecule has 21 atom stereocenters. The fourth-order valence-corrected chi connectivity index (χ4v) is 16.7. The maximum atomic E-state index is 14.3. The predicted molar refractivity (Wildman–Crippen MR) is 521 cm³/mol. The molecule has 56 heteroatoms. The standard InChI is InChI=1S/C55H79N11O25.C35H49BN6O11S2.CH4/c1-2-34(70)31(11-15-42(78)79)62-52(88)27(6-14-41(77)59-22-37(73)46(83)48(85)39(75)24-68)18-35(71)32(12-16-43(80)81)63-51(87)26(5-13-40(76)58-21-36(72)45(82)47(84)38(74)23-67)17-30(69)9-10-33(54(90)91)64-50(86)25-3-7-28(8-4-25)57-19-29-20-60-49-44(61-29)53(89)66-55(56)65-49;1-19(2)11-28-36-52-16-27(53-36)31(46)30(45)26(43)15-39-29(44)10-9-20(3)32(47)41-25(35(50)51)18-55-54-17-22-13-38-24(14-37-22)34(49)40-23(33(48)42-28)12-21-7-5-4-6-8-21;/h3-4,7-8,20,26-27,31-33,36-39,45-48,57,67-68,72-75,82-85H,2,5-6,9-19,21-24H2,1H3,(H,58,76)(H,59,77)(H,62,88)(H,63,87)(H,64,86)(H,78,79)(H,80,81)(H,90,91)(H3,56,60,65,66,89);4-8,13-14,19-20,23,25-28,30-31,43,45-46H,9-12,15-18H2,1-3H3,(H,39,44)(H,40,49)(H,41,47)(H,42,48)(H,50,51);1H4/t26-,27-,31+,32+,33+,36+,37+,38-,39-,45-,46-,47-,48-;20-,23-,25-,26-,27+,28?,30+,31+;/m10./s1. The lowest BCUT2D eigenvalue weighted by Gasteiger charge is -2.28. The van der Waals surface area contributed by atoms with Crippen LogP contribution in [-0.4, -0.2) is 373 Å². The van der Waals surface area contributed by atoms with Crippen LogP contribution in [0.3, 0.4) is 0 Å². The molecule has 1 saturated heterocycles. The minimum atomic E-state index is -2.10. The van der Waals surface area contributed by atoms with Crippen molar-refractivity contribution in [3.8, 4) is 0 Å². The molecule has 3 aliphatic heterocycles. The SMILES string of the molecule is C.CC(C)CC1NC(=O)[C@H](Cc2ccccc2)NC(=O)c2cnc(cn2)CSSC[C@@H](C(=O)O)NC(=O)[C@@H](C)CCC(=O)NC[C@H](O)[C@@H](O)[C@H](O)[C@H]2COB1O2.CCC(=O)[C@H](CCC(=O)O)NC(=O)[C@H](CCC(=O)NC[C@H](O)[C@@H](O)[C@H](O)[C@H](O)CO)CC(=O)[C@H](CCC(=O)O)NC(=O)[C@H](CCC(=O)NC[C@H](O)[C@@H](O)[C@H](O)[C@H](O)CO)CC(=O)CC[C@H](NC(=O)c1ccc(NCc2cnc3nc(N)[nH]c(=O)c3n2)cc1)C(=O)O. The number of aliphatic hydroxyl groups excluding tert-OH is 13. The lowest BCUT2D eigenvalue weighted by atomic mass is 9.74. The first kappa shape index (κ1) is 125. The summed E-state index contributed by atoms with van der Waals surface area (Å²) in [5, 5.41) is 194. The number of carboxylic acid groups (broad SMARTS) is 4. The maximum absolute atomic E-state index is 14.3. The number of aromatic nitrogens is 6. The van der Waals surface area contributed by atoms with Gasteiger partial charge < -0.3 is 155 Å². The van der Waals surface area contributed by atoms with Gasteiger partial charge >= 0.3 is 31.0 Å². The van der Waals surface area contributed by atoms with E-state index in [1.807, 2.05) is 44.2 Å². The van der Waals surface area contributed by atoms with Crippen LogP contribution >= 0.6 is 21.6 Å². The van der Waals surface area contributed by atoms with Gasteiger partial charge in [0, 0.05) is 124 Å². The molecule has 2 aromatic carbocycles. The fraction of sp³-hybridized carbons (Fsp3) is 0.582. The number of carboxylic acids is 4. The third-order valence-electron chi connectivity index (χ3n) is 23.2. The van der Waals surface area contributed by atoms with E-state index in [1.54, 1.807) is 6.92 Å². The van der Waals surface area contributed by atoms with Crippen LogP contribution in [0.1, 0.15) is 176 Å². The van der Waals surface area contributed by atoms with Gasteiger partial charge in [0.25, 0.3) is 17.4 Å². The molecule has 1 unspecified atom stereocenters. The number of benzene rings is 2. The van der Waals surface area contributed by atoms with Crippen LogP contribution < -0.4 is 64.5 Å². The number of nitrogens with one attached hydrogen (secondary N) is 11. The van der Waals surface area contributed by atoms with E-state index in [0.717, 1.165) is 5.56 Å². The molecule has 0 spiro atoms. The van der Waals surface area contributed by atoms with Gasteiger partial charge in [-0.1, -0.05) is 87.0 Å². The molecule has 147 heavy (non-hydrogen) atoms. The quantitative estimate of drug-likeness (QED) is 0.0127. The zero-order valence-corrected chi connectivity index (χ0v) is 81.7. The Bertz CT molecular complexity index is 5250. The zero-order valence-electron chi connectivity index (χ0n) is 80.1. The third kappa shape index (κ3) is 42.8. The highest BCUT2D eigenvalue weighted by atomic mass is 33.1. The van der Waals surface area contributed by atoms with Gasteiger partial charge in [0.15, 0.2) is 22.7 Å². The Kier molecular flexibility index (Phi) is 53.9. The highest BCUT2D eigenvalue weighted by Gasteiger charge is 2.46. The summed E-state index contributed by atoms with van der Waals surface area (Å²) in [6, 6.07) is 7.46. The molecule has 3 aromatic heterocycles. The number of nitrogen functional groups attached to an aromatic ring is 1. The lowest BCUT2D eigenvalue weighted by Crippen LogP contribution is -2.56. The van der Waals surface area contributed by atoms with E-state index in [-0.39, 0.29) is 86.3 Å². The Hall–Kier alpha value is -12.4. The number of nitrogens with two attached hydrogens (primary N) is 1. The van der Waals surface area contributed by atoms with E-state index >= 15 is 0 Å². The number of fused-ring (bicyclic) bond motifs is 23. The number of ketones is 3. The van der Waals surface area contributed by atoms with E-state index in [9.17, 15) is 158 Å². The summed E-state index contributed by atoms with van der Waals surface area (Å²) >= 11 is 0. The predicted octanol–water partition coefficient (Wildman–Crippen LogP) is -6.13. The Balaban J connectivity index is 0.000000577. The topological polar surface area (TPSA) is 879 Å². The van der Waals surface area contributed by atoms with Crippen LogP contribution in [0.2, 0.25) is 0 Å². The van der Waals surface area contributed by atoms with Crippen LogP contribution in [-0.2, 0) is 95.2 Å². The highest BCUT2D eigenvalue weighted by molar-refractivity contribution is 8.76. The van der Waals surface area contributed by atoms with Gasteiger partial charge in [-0.25, -0.2) is 24.5 Å². The molecule has 4 bridgehead atoms. The first-order valence-electron chi connectivity index (χ1n) is 46.6. The number of H-pyrrole nitrogens is 1. The highest BCUT2D eigenvalue weighted by Crippen LogP contribution is 2.28. The summed E-state index contributed by atoms with van der Waals surface area (Å²) in [5.74, 6) is -20.0. The fourth-order valence-electron chi connectivity index (χ4n) is 14.5. The van der Waals surface area contributed by atoms with Gasteiger partial charge in [0.1, 0.15) is 78.4 Å². The molecule has 5 aromatic rings. The molecule has 6 heterocycles. The average Bonchev–Trinajstić information content (AvgIpc) is 0.989. The second kappa shape index (κ2) is 63.3. The summed E-state index contributed by atoms with van der Waals surface area (Å²) in [4.78, 5) is 244. The molecule has 9 amide bonds. The number of aliphatic hydroxyl groups is 13. The molecular weight excluding hydrogens is 1980 g/mol. The number of hydrogen-bond donors (Lipinski definition) is 29. The number of carbonyl (C=O) groups is 16. The van der Waals surface area contributed by atoms with E-state index in [2.05, 4.69) is 83.1 Å². The Morgan fingerprint density at radius 3 is 1.73 bits per heavy atom. The van der Waals surface area contributed by atoms with Crippen LogP contribution in [0, 0.1) is 23.7 Å². The van der Waals surface area contributed by atoms with Crippen molar-refractivity contribution in [2.45, 2.75) is 266 Å². The maximum Gasteiger partial charge on any atom is 0.481 e. The molecule has 812 valence electrons. The van der Waals surface area contributed by atoms with E-state index < -0.39 is 344 Å². The third-order valence-corrected chi connectivity index (χ3v) is 25.5. The second-order valence-electron chi connectivity index (χ2n) is 35.2. The number of aliphatic carboxylic acids is 4. The monoisotopic (exact) mass is 2110 g/mol. The molecule has 0 radical (unpaired) electrons. The number of nitrogens with zero attached hydrogens (tertiary/aromatic N) is 5. The number of amides is 9. The van der Waals surface area contributed by atoms with Crippen molar-refractivity contribution in [1.82, 2.24) is 77.8 Å². The summed E-state index contributed by atoms with van der Waals surface area (Å²) in [6.45, 7) is 2.73. The second-order valence-corrected chi connectivity index (χ2v) is 37.7. The van der Waals surface area contributed by atoms with E-state index in [0.29, 0.717) is 29.2 Å². The van der Waals surface area contributed by atoms with Crippen molar-refractivity contribution < 1.29 is 173 Å². The molecule has 30 N–H and O–H groups in total. The summed E-state index contributed by atoms with van der Waals surface area (Å²) in [5.41, 5.74) is 6.91. The molecule has 8 rings (SSSR count). The average molecular weight is 2120 g/mol. The van der Waals surface area contributed by atoms with Gasteiger partial charge in [-0.15, -0.1) is 0 Å². The minimum Gasteiger partial charge on any atom is -0.481 e. The number of Topliss-reactive ketones (excluding diaryl/α,β-unsaturated/α-hetero) is 3. The van der Waals surface area contributed by atoms with Crippen LogP contribution in [0.15, 0.2) is 78.0 Å². The molecular formula is C91H132BN17O36S2.